The smallest absolute Gasteiger partial charge is 0.234 e. The topological polar surface area (TPSA) is 72.4 Å². The van der Waals surface area contributed by atoms with Crippen LogP contribution in [0.25, 0.3) is 0 Å². The average Bonchev–Trinajstić information content (AvgIpc) is 3.47. The van der Waals surface area contributed by atoms with E-state index in [2.05, 4.69) is 44.2 Å². The van der Waals surface area contributed by atoms with Crippen molar-refractivity contribution in [3.8, 4) is 0 Å². The van der Waals surface area contributed by atoms with Crippen LogP contribution in [0.1, 0.15) is 26.7 Å². The molecule has 9 heteroatoms. The van der Waals surface area contributed by atoms with Crippen molar-refractivity contribution in [2.75, 3.05) is 66.1 Å². The molecule has 2 unspecified atom stereocenters. The number of nitrogens with zero attached hydrogens (tertiary/aromatic N) is 4. The number of ether oxygens (including phenoxy) is 1. The van der Waals surface area contributed by atoms with Gasteiger partial charge in [0.1, 0.15) is 0 Å². The number of nitrogens with one attached hydrogen (secondary N) is 2. The Hall–Kier alpha value is -0.650. The summed E-state index contributed by atoms with van der Waals surface area (Å²) >= 11 is 0. The summed E-state index contributed by atoms with van der Waals surface area (Å²) in [5.74, 6) is 1.13. The lowest BCUT2D eigenvalue weighted by atomic mass is 10.2. The van der Waals surface area contributed by atoms with Crippen molar-refractivity contribution in [1.82, 2.24) is 25.3 Å². The van der Waals surface area contributed by atoms with E-state index >= 15 is 0 Å². The molecule has 8 nitrogen and oxygen atoms in total. The van der Waals surface area contributed by atoms with Crippen LogP contribution in [-0.2, 0) is 9.53 Å². The van der Waals surface area contributed by atoms with Crippen LogP contribution in [0.15, 0.2) is 4.99 Å². The molecule has 28 heavy (non-hydrogen) atoms. The maximum atomic E-state index is 12.0. The standard InChI is InChI=1S/C19H36N6O2.HI/c1-15(25-10-11-27-14-16(25)2)12-21-19(20-3)24-8-6-23(7-9-24)13-18(26)22-17-4-5-17;/h15-17H,4-14H2,1-3H3,(H,20,21)(H,22,26);1H. The summed E-state index contributed by atoms with van der Waals surface area (Å²) in [6, 6.07) is 1.34. The Morgan fingerprint density at radius 2 is 1.93 bits per heavy atom. The van der Waals surface area contributed by atoms with E-state index in [0.717, 1.165) is 71.3 Å². The summed E-state index contributed by atoms with van der Waals surface area (Å²) in [4.78, 5) is 23.5. The molecule has 0 spiro atoms. The third-order valence-corrected chi connectivity index (χ3v) is 5.73. The molecule has 2 heterocycles. The van der Waals surface area contributed by atoms with Gasteiger partial charge in [0.05, 0.1) is 19.8 Å². The van der Waals surface area contributed by atoms with Gasteiger partial charge in [0.15, 0.2) is 5.96 Å². The lowest BCUT2D eigenvalue weighted by Crippen LogP contribution is -2.56. The molecule has 0 aromatic rings. The number of rotatable bonds is 6. The zero-order valence-corrected chi connectivity index (χ0v) is 19.9. The predicted octanol–water partition coefficient (Wildman–Crippen LogP) is 0.185. The minimum absolute atomic E-state index is 0. The minimum atomic E-state index is 0. The van der Waals surface area contributed by atoms with Crippen molar-refractivity contribution < 1.29 is 9.53 Å². The monoisotopic (exact) mass is 508 g/mol. The van der Waals surface area contributed by atoms with E-state index in [1.807, 2.05) is 7.05 Å². The largest absolute Gasteiger partial charge is 0.379 e. The number of aliphatic imine (C=N–C) groups is 1. The number of amides is 1. The van der Waals surface area contributed by atoms with Crippen LogP contribution in [0.5, 0.6) is 0 Å². The summed E-state index contributed by atoms with van der Waals surface area (Å²) in [6.07, 6.45) is 2.28. The van der Waals surface area contributed by atoms with Crippen molar-refractivity contribution in [2.45, 2.75) is 44.8 Å². The lowest BCUT2D eigenvalue weighted by Gasteiger charge is -2.39. The molecule has 2 aliphatic heterocycles. The minimum Gasteiger partial charge on any atom is -0.379 e. The van der Waals surface area contributed by atoms with Gasteiger partial charge in [0.2, 0.25) is 5.91 Å². The summed E-state index contributed by atoms with van der Waals surface area (Å²) in [6.45, 7) is 12.1. The van der Waals surface area contributed by atoms with Crippen molar-refractivity contribution in [3.05, 3.63) is 0 Å². The Bertz CT molecular complexity index is 523. The van der Waals surface area contributed by atoms with Gasteiger partial charge in [-0.1, -0.05) is 0 Å². The first kappa shape index (κ1) is 23.6. The molecule has 0 bridgehead atoms. The molecule has 0 aromatic carbocycles. The van der Waals surface area contributed by atoms with Gasteiger partial charge in [-0.05, 0) is 26.7 Å². The Balaban J connectivity index is 0.00000280. The van der Waals surface area contributed by atoms with Crippen molar-refractivity contribution >= 4 is 35.8 Å². The maximum Gasteiger partial charge on any atom is 0.234 e. The van der Waals surface area contributed by atoms with Crippen LogP contribution in [0.2, 0.25) is 0 Å². The van der Waals surface area contributed by atoms with Gasteiger partial charge in [-0.2, -0.15) is 0 Å². The molecule has 0 radical (unpaired) electrons. The molecule has 2 atom stereocenters. The highest BCUT2D eigenvalue weighted by Crippen LogP contribution is 2.18. The number of guanidine groups is 1. The van der Waals surface area contributed by atoms with Crippen molar-refractivity contribution in [1.29, 1.82) is 0 Å². The van der Waals surface area contributed by atoms with E-state index in [-0.39, 0.29) is 29.9 Å². The predicted molar refractivity (Wildman–Crippen MR) is 122 cm³/mol. The SMILES string of the molecule is CN=C(NCC(C)N1CCOCC1C)N1CCN(CC(=O)NC2CC2)CC1.I. The first-order chi connectivity index (χ1) is 13.1. The van der Waals surface area contributed by atoms with Crippen molar-refractivity contribution in [3.63, 3.8) is 0 Å². The number of hydrogen-bond acceptors (Lipinski definition) is 5. The zero-order chi connectivity index (χ0) is 19.2. The second-order valence-corrected chi connectivity index (χ2v) is 8.04. The van der Waals surface area contributed by atoms with Gasteiger partial charge in [0, 0.05) is 64.4 Å². The van der Waals surface area contributed by atoms with Gasteiger partial charge in [-0.15, -0.1) is 24.0 Å². The second-order valence-electron chi connectivity index (χ2n) is 8.04. The van der Waals surface area contributed by atoms with Crippen LogP contribution < -0.4 is 10.6 Å². The quantitative estimate of drug-likeness (QED) is 0.303. The fraction of sp³-hybridized carbons (Fsp3) is 0.895. The third kappa shape index (κ3) is 7.00. The summed E-state index contributed by atoms with van der Waals surface area (Å²) in [7, 11) is 1.85. The molecule has 1 aliphatic carbocycles. The number of halogens is 1. The van der Waals surface area contributed by atoms with Gasteiger partial charge < -0.3 is 20.3 Å². The Morgan fingerprint density at radius 3 is 2.54 bits per heavy atom. The number of hydrogen-bond donors (Lipinski definition) is 2. The number of carbonyl (C=O) groups excluding carboxylic acids is 1. The Kier molecular flexibility index (Phi) is 9.72. The molecule has 2 N–H and O–H groups in total. The molecule has 1 saturated carbocycles. The van der Waals surface area contributed by atoms with Crippen LogP contribution in [-0.4, -0.2) is 111 Å². The van der Waals surface area contributed by atoms with Crippen LogP contribution in [0, 0.1) is 0 Å². The maximum absolute atomic E-state index is 12.0. The highest BCUT2D eigenvalue weighted by molar-refractivity contribution is 14.0. The average molecular weight is 508 g/mol. The van der Waals surface area contributed by atoms with Crippen LogP contribution >= 0.6 is 24.0 Å². The lowest BCUT2D eigenvalue weighted by molar-refractivity contribution is -0.122. The van der Waals surface area contributed by atoms with Crippen LogP contribution in [0.3, 0.4) is 0 Å². The van der Waals surface area contributed by atoms with E-state index < -0.39 is 0 Å². The first-order valence-electron chi connectivity index (χ1n) is 10.4. The van der Waals surface area contributed by atoms with Crippen LogP contribution in [0.4, 0.5) is 0 Å². The van der Waals surface area contributed by atoms with E-state index in [4.69, 9.17) is 4.74 Å². The summed E-state index contributed by atoms with van der Waals surface area (Å²) < 4.78 is 5.54. The third-order valence-electron chi connectivity index (χ3n) is 5.73. The number of piperazine rings is 1. The highest BCUT2D eigenvalue weighted by Gasteiger charge is 2.27. The summed E-state index contributed by atoms with van der Waals surface area (Å²) in [5, 5.41) is 6.61. The van der Waals surface area contributed by atoms with E-state index in [1.54, 1.807) is 0 Å². The molecule has 162 valence electrons. The fourth-order valence-electron chi connectivity index (χ4n) is 3.91. The first-order valence-corrected chi connectivity index (χ1v) is 10.4. The molecule has 1 amide bonds. The fourth-order valence-corrected chi connectivity index (χ4v) is 3.91. The van der Waals surface area contributed by atoms with E-state index in [0.29, 0.717) is 24.7 Å². The zero-order valence-electron chi connectivity index (χ0n) is 17.5. The Labute approximate surface area is 186 Å². The number of morpholine rings is 1. The molecule has 2 saturated heterocycles. The van der Waals surface area contributed by atoms with Crippen molar-refractivity contribution in [2.24, 2.45) is 4.99 Å². The summed E-state index contributed by atoms with van der Waals surface area (Å²) in [5.41, 5.74) is 0. The molecule has 3 rings (SSSR count). The molecule has 0 aromatic heterocycles. The number of carbonyl (C=O) groups is 1. The van der Waals surface area contributed by atoms with E-state index in [9.17, 15) is 4.79 Å². The molecule has 3 aliphatic rings. The molecular weight excluding hydrogens is 471 g/mol. The Morgan fingerprint density at radius 1 is 1.21 bits per heavy atom. The molecule has 3 fully saturated rings. The van der Waals surface area contributed by atoms with Gasteiger partial charge in [-0.3, -0.25) is 19.6 Å². The van der Waals surface area contributed by atoms with Gasteiger partial charge in [0.25, 0.3) is 0 Å². The van der Waals surface area contributed by atoms with E-state index in [1.165, 1.54) is 0 Å². The van der Waals surface area contributed by atoms with Gasteiger partial charge >= 0.3 is 0 Å². The molecular formula is C19H37IN6O2. The highest BCUT2D eigenvalue weighted by atomic mass is 127. The van der Waals surface area contributed by atoms with Gasteiger partial charge in [-0.25, -0.2) is 0 Å². The second kappa shape index (κ2) is 11.5. The normalized spacial score (nSPS) is 25.8.